The summed E-state index contributed by atoms with van der Waals surface area (Å²) in [6.07, 6.45) is 1.91. The van der Waals surface area contributed by atoms with Crippen LogP contribution >= 0.6 is 0 Å². The van der Waals surface area contributed by atoms with Gasteiger partial charge in [-0.3, -0.25) is 14.7 Å². The molecule has 8 nitrogen and oxygen atoms in total. The molecule has 8 heteroatoms. The third-order valence-corrected chi connectivity index (χ3v) is 6.80. The average Bonchev–Trinajstić information content (AvgIpc) is 3.38. The fourth-order valence-corrected chi connectivity index (χ4v) is 4.38. The molecule has 0 spiro atoms. The highest BCUT2D eigenvalue weighted by Crippen LogP contribution is 2.30. The number of hydrogen-bond acceptors (Lipinski definition) is 5. The molecule has 37 heavy (non-hydrogen) atoms. The first kappa shape index (κ1) is 26.4. The summed E-state index contributed by atoms with van der Waals surface area (Å²) < 4.78 is 10.8. The van der Waals surface area contributed by atoms with Crippen molar-refractivity contribution in [3.8, 4) is 17.0 Å². The second kappa shape index (κ2) is 11.2. The summed E-state index contributed by atoms with van der Waals surface area (Å²) in [6.45, 7) is 10.4. The number of carbonyl (C=O) groups is 2. The number of H-pyrrole nitrogens is 1. The number of ether oxygens (including phenoxy) is 2. The Morgan fingerprint density at radius 2 is 1.84 bits per heavy atom. The Labute approximate surface area is 218 Å². The lowest BCUT2D eigenvalue weighted by Gasteiger charge is -2.21. The number of methoxy groups -OCH3 is 1. The molecule has 2 heterocycles. The summed E-state index contributed by atoms with van der Waals surface area (Å²) in [5.74, 6) is 0.512. The molecular weight excluding hydrogens is 468 g/mol. The quantitative estimate of drug-likeness (QED) is 0.415. The average molecular weight is 505 g/mol. The van der Waals surface area contributed by atoms with Crippen LogP contribution in [0.2, 0.25) is 0 Å². The number of rotatable bonds is 7. The van der Waals surface area contributed by atoms with Crippen molar-refractivity contribution in [3.63, 3.8) is 0 Å². The van der Waals surface area contributed by atoms with E-state index in [0.29, 0.717) is 40.9 Å². The third kappa shape index (κ3) is 6.38. The Morgan fingerprint density at radius 3 is 2.54 bits per heavy atom. The molecule has 196 valence electrons. The summed E-state index contributed by atoms with van der Waals surface area (Å²) in [7, 11) is 1.56. The second-order valence-corrected chi connectivity index (χ2v) is 10.6. The number of benzene rings is 2. The minimum Gasteiger partial charge on any atom is -0.496 e. The number of nitrogens with zero attached hydrogens (tertiary/aromatic N) is 1. The van der Waals surface area contributed by atoms with Crippen molar-refractivity contribution >= 4 is 17.5 Å². The molecule has 0 bridgehead atoms. The van der Waals surface area contributed by atoms with Gasteiger partial charge in [-0.25, -0.2) is 0 Å². The molecule has 0 saturated carbocycles. The van der Waals surface area contributed by atoms with E-state index in [1.807, 2.05) is 43.3 Å². The van der Waals surface area contributed by atoms with E-state index < -0.39 is 0 Å². The van der Waals surface area contributed by atoms with E-state index in [1.54, 1.807) is 13.2 Å². The van der Waals surface area contributed by atoms with Crippen molar-refractivity contribution in [3.05, 3.63) is 64.8 Å². The third-order valence-electron chi connectivity index (χ3n) is 6.80. The highest BCUT2D eigenvalue weighted by molar-refractivity contribution is 6.06. The number of amides is 2. The van der Waals surface area contributed by atoms with Gasteiger partial charge in [-0.05, 0) is 72.6 Å². The highest BCUT2D eigenvalue weighted by atomic mass is 16.5. The predicted molar refractivity (Wildman–Crippen MR) is 144 cm³/mol. The zero-order chi connectivity index (χ0) is 26.6. The number of hydrogen-bond donors (Lipinski definition) is 3. The number of anilines is 1. The van der Waals surface area contributed by atoms with Crippen molar-refractivity contribution < 1.29 is 19.1 Å². The maximum absolute atomic E-state index is 13.2. The summed E-state index contributed by atoms with van der Waals surface area (Å²) in [5.41, 5.74) is 4.88. The van der Waals surface area contributed by atoms with Crippen LogP contribution in [0.25, 0.3) is 11.3 Å². The largest absolute Gasteiger partial charge is 0.496 e. The Morgan fingerprint density at radius 1 is 1.08 bits per heavy atom. The van der Waals surface area contributed by atoms with Gasteiger partial charge in [0.05, 0.1) is 18.4 Å². The van der Waals surface area contributed by atoms with Crippen LogP contribution in [0.4, 0.5) is 5.69 Å². The lowest BCUT2D eigenvalue weighted by Crippen LogP contribution is -2.32. The van der Waals surface area contributed by atoms with Crippen molar-refractivity contribution in [1.82, 2.24) is 15.5 Å². The van der Waals surface area contributed by atoms with Gasteiger partial charge in [0.25, 0.3) is 11.8 Å². The van der Waals surface area contributed by atoms with Crippen molar-refractivity contribution in [2.45, 2.75) is 46.0 Å². The summed E-state index contributed by atoms with van der Waals surface area (Å²) in [4.78, 5) is 25.9. The monoisotopic (exact) mass is 504 g/mol. The van der Waals surface area contributed by atoms with Crippen LogP contribution in [0.15, 0.2) is 42.5 Å². The number of nitrogens with one attached hydrogen (secondary N) is 3. The molecule has 1 aliphatic rings. The standard InChI is InChI=1S/C29H36N4O4/c1-18-6-8-21(31-27(34)23-14-20(29(2,3)4)7-9-26(23)36-5)15-22(18)24-16-25(33-32-24)28(35)30-17-19-10-12-37-13-11-19/h6-9,14-16,19H,10-13,17H2,1-5H3,(H,30,35)(H,31,34)(H,32,33). The number of aromatic amines is 1. The highest BCUT2D eigenvalue weighted by Gasteiger charge is 2.21. The van der Waals surface area contributed by atoms with Crippen LogP contribution in [0.1, 0.15) is 65.6 Å². The zero-order valence-corrected chi connectivity index (χ0v) is 22.2. The van der Waals surface area contributed by atoms with E-state index in [2.05, 4.69) is 41.6 Å². The van der Waals surface area contributed by atoms with Crippen LogP contribution < -0.4 is 15.4 Å². The Balaban J connectivity index is 1.49. The minimum atomic E-state index is -0.257. The molecule has 0 atom stereocenters. The van der Waals surface area contributed by atoms with Crippen LogP contribution in [0, 0.1) is 12.8 Å². The van der Waals surface area contributed by atoms with Crippen molar-refractivity contribution in [1.29, 1.82) is 0 Å². The van der Waals surface area contributed by atoms with Crippen molar-refractivity contribution in [2.24, 2.45) is 5.92 Å². The van der Waals surface area contributed by atoms with Crippen molar-refractivity contribution in [2.75, 3.05) is 32.2 Å². The van der Waals surface area contributed by atoms with Gasteiger partial charge in [0.1, 0.15) is 11.4 Å². The van der Waals surface area contributed by atoms with Gasteiger partial charge in [-0.2, -0.15) is 5.10 Å². The first-order valence-corrected chi connectivity index (χ1v) is 12.7. The topological polar surface area (TPSA) is 105 Å². The van der Waals surface area contributed by atoms with Gasteiger partial charge in [0.15, 0.2) is 0 Å². The zero-order valence-electron chi connectivity index (χ0n) is 22.2. The Bertz CT molecular complexity index is 1270. The maximum atomic E-state index is 13.2. The molecule has 1 aliphatic heterocycles. The molecule has 1 aromatic heterocycles. The lowest BCUT2D eigenvalue weighted by molar-refractivity contribution is 0.0642. The van der Waals surface area contributed by atoms with Gasteiger partial charge >= 0.3 is 0 Å². The fraction of sp³-hybridized carbons (Fsp3) is 0.414. The van der Waals surface area contributed by atoms with Crippen LogP contribution in [-0.2, 0) is 10.2 Å². The minimum absolute atomic E-state index is 0.104. The van der Waals surface area contributed by atoms with Crippen LogP contribution in [0.3, 0.4) is 0 Å². The number of aromatic nitrogens is 2. The second-order valence-electron chi connectivity index (χ2n) is 10.6. The molecule has 0 aliphatic carbocycles. The summed E-state index contributed by atoms with van der Waals surface area (Å²) >= 11 is 0. The van der Waals surface area contributed by atoms with Gasteiger partial charge in [0, 0.05) is 31.0 Å². The van der Waals surface area contributed by atoms with Gasteiger partial charge in [0.2, 0.25) is 0 Å². The number of carbonyl (C=O) groups excluding carboxylic acids is 2. The van der Waals surface area contributed by atoms with Crippen LogP contribution in [-0.4, -0.2) is 48.9 Å². The summed E-state index contributed by atoms with van der Waals surface area (Å²) in [5, 5.41) is 13.2. The van der Waals surface area contributed by atoms with E-state index in [9.17, 15) is 9.59 Å². The summed E-state index contributed by atoms with van der Waals surface area (Å²) in [6, 6.07) is 13.1. The SMILES string of the molecule is COc1ccc(C(C)(C)C)cc1C(=O)Nc1ccc(C)c(-c2cc(C(=O)NCC3CCOCC3)[nH]n2)c1. The molecule has 3 N–H and O–H groups in total. The predicted octanol–water partition coefficient (Wildman–Crippen LogP) is 5.10. The molecule has 1 fully saturated rings. The molecule has 0 radical (unpaired) electrons. The van der Waals surface area contributed by atoms with Gasteiger partial charge < -0.3 is 20.1 Å². The van der Waals surface area contributed by atoms with E-state index in [4.69, 9.17) is 9.47 Å². The fourth-order valence-electron chi connectivity index (χ4n) is 4.38. The van der Waals surface area contributed by atoms with E-state index in [0.717, 1.165) is 42.7 Å². The molecule has 2 aromatic carbocycles. The number of aryl methyl sites for hydroxylation is 1. The Hall–Kier alpha value is -3.65. The normalized spacial score (nSPS) is 14.3. The molecule has 1 saturated heterocycles. The van der Waals surface area contributed by atoms with E-state index >= 15 is 0 Å². The molecule has 0 unspecified atom stereocenters. The maximum Gasteiger partial charge on any atom is 0.269 e. The molecule has 3 aromatic rings. The lowest BCUT2D eigenvalue weighted by atomic mass is 9.86. The molecule has 4 rings (SSSR count). The van der Waals surface area contributed by atoms with Gasteiger partial charge in [-0.15, -0.1) is 0 Å². The van der Waals surface area contributed by atoms with E-state index in [-0.39, 0.29) is 17.2 Å². The van der Waals surface area contributed by atoms with Crippen LogP contribution in [0.5, 0.6) is 5.75 Å². The van der Waals surface area contributed by atoms with Gasteiger partial charge in [-0.1, -0.05) is 32.9 Å². The first-order chi connectivity index (χ1) is 17.7. The van der Waals surface area contributed by atoms with E-state index in [1.165, 1.54) is 0 Å². The molecular formula is C29H36N4O4. The first-order valence-electron chi connectivity index (χ1n) is 12.7. The molecule has 2 amide bonds. The Kier molecular flexibility index (Phi) is 7.97. The smallest absolute Gasteiger partial charge is 0.269 e.